The van der Waals surface area contributed by atoms with E-state index in [0.717, 1.165) is 37.9 Å². The molecule has 1 aromatic rings. The van der Waals surface area contributed by atoms with Crippen LogP contribution in [0.15, 0.2) is 29.2 Å². The van der Waals surface area contributed by atoms with Crippen LogP contribution in [0.2, 0.25) is 0 Å². The summed E-state index contributed by atoms with van der Waals surface area (Å²) < 4.78 is 27.9. The summed E-state index contributed by atoms with van der Waals surface area (Å²) in [5.74, 6) is 0. The highest BCUT2D eigenvalue weighted by atomic mass is 32.2. The average molecular weight is 309 g/mol. The SMILES string of the molecule is NCCc1ccc(S(=O)(=O)NC2CCN3CCCC23)cc1. The Kier molecular flexibility index (Phi) is 4.31. The molecule has 2 aliphatic rings. The van der Waals surface area contributed by atoms with E-state index in [1.54, 1.807) is 12.1 Å². The van der Waals surface area contributed by atoms with Crippen LogP contribution in [0.1, 0.15) is 24.8 Å². The van der Waals surface area contributed by atoms with Crippen molar-refractivity contribution in [3.63, 3.8) is 0 Å². The quantitative estimate of drug-likeness (QED) is 0.840. The number of sulfonamides is 1. The zero-order valence-corrected chi connectivity index (χ0v) is 13.0. The lowest BCUT2D eigenvalue weighted by atomic mass is 10.1. The van der Waals surface area contributed by atoms with Crippen LogP contribution in [-0.2, 0) is 16.4 Å². The van der Waals surface area contributed by atoms with Crippen LogP contribution in [0.4, 0.5) is 0 Å². The lowest BCUT2D eigenvalue weighted by Crippen LogP contribution is -2.42. The van der Waals surface area contributed by atoms with E-state index in [4.69, 9.17) is 5.73 Å². The number of fused-ring (bicyclic) bond motifs is 1. The van der Waals surface area contributed by atoms with Crippen molar-refractivity contribution in [2.24, 2.45) is 5.73 Å². The molecular weight excluding hydrogens is 286 g/mol. The summed E-state index contributed by atoms with van der Waals surface area (Å²) >= 11 is 0. The van der Waals surface area contributed by atoms with Crippen LogP contribution in [0, 0.1) is 0 Å². The molecule has 0 aliphatic carbocycles. The van der Waals surface area contributed by atoms with Crippen molar-refractivity contribution in [3.8, 4) is 0 Å². The minimum Gasteiger partial charge on any atom is -0.330 e. The van der Waals surface area contributed by atoms with E-state index in [0.29, 0.717) is 17.5 Å². The molecule has 2 saturated heterocycles. The first-order valence-electron chi connectivity index (χ1n) is 7.65. The lowest BCUT2D eigenvalue weighted by molar-refractivity contribution is 0.309. The molecule has 1 aromatic carbocycles. The van der Waals surface area contributed by atoms with Crippen LogP contribution >= 0.6 is 0 Å². The Morgan fingerprint density at radius 2 is 1.95 bits per heavy atom. The van der Waals surface area contributed by atoms with Crippen LogP contribution in [0.3, 0.4) is 0 Å². The number of nitrogens with one attached hydrogen (secondary N) is 1. The van der Waals surface area contributed by atoms with Gasteiger partial charge in [-0.15, -0.1) is 0 Å². The molecule has 0 saturated carbocycles. The zero-order chi connectivity index (χ0) is 14.9. The van der Waals surface area contributed by atoms with Crippen LogP contribution < -0.4 is 10.5 Å². The fourth-order valence-corrected chi connectivity index (χ4v) is 4.79. The first-order chi connectivity index (χ1) is 10.1. The maximum Gasteiger partial charge on any atom is 0.240 e. The van der Waals surface area contributed by atoms with Crippen LogP contribution in [-0.4, -0.2) is 45.0 Å². The smallest absolute Gasteiger partial charge is 0.240 e. The highest BCUT2D eigenvalue weighted by Gasteiger charge is 2.39. The molecule has 0 bridgehead atoms. The second kappa shape index (κ2) is 6.04. The Labute approximate surface area is 126 Å². The molecule has 116 valence electrons. The second-order valence-corrected chi connectivity index (χ2v) is 7.66. The fraction of sp³-hybridized carbons (Fsp3) is 0.600. The summed E-state index contributed by atoms with van der Waals surface area (Å²) in [4.78, 5) is 2.75. The molecule has 0 aromatic heterocycles. The van der Waals surface area contributed by atoms with Gasteiger partial charge in [-0.05, 0) is 56.5 Å². The van der Waals surface area contributed by atoms with Gasteiger partial charge in [-0.2, -0.15) is 0 Å². The Bertz CT molecular complexity index is 585. The third-order valence-electron chi connectivity index (χ3n) is 4.58. The lowest BCUT2D eigenvalue weighted by Gasteiger charge is -2.21. The average Bonchev–Trinajstić information content (AvgIpc) is 3.05. The monoisotopic (exact) mass is 309 g/mol. The van der Waals surface area contributed by atoms with Gasteiger partial charge < -0.3 is 5.73 Å². The molecule has 5 nitrogen and oxygen atoms in total. The molecule has 3 N–H and O–H groups in total. The van der Waals surface area contributed by atoms with Gasteiger partial charge in [-0.1, -0.05) is 12.1 Å². The van der Waals surface area contributed by atoms with Crippen molar-refractivity contribution in [2.45, 2.75) is 42.7 Å². The minimum atomic E-state index is -3.42. The van der Waals surface area contributed by atoms with E-state index < -0.39 is 10.0 Å². The molecule has 0 radical (unpaired) electrons. The van der Waals surface area contributed by atoms with E-state index >= 15 is 0 Å². The normalized spacial score (nSPS) is 26.1. The van der Waals surface area contributed by atoms with Gasteiger partial charge in [-0.3, -0.25) is 4.90 Å². The molecule has 0 spiro atoms. The third-order valence-corrected chi connectivity index (χ3v) is 6.09. The van der Waals surface area contributed by atoms with E-state index in [9.17, 15) is 8.42 Å². The number of hydrogen-bond acceptors (Lipinski definition) is 4. The molecule has 2 heterocycles. The molecule has 2 aliphatic heterocycles. The molecule has 3 rings (SSSR count). The van der Waals surface area contributed by atoms with Crippen molar-refractivity contribution in [1.82, 2.24) is 9.62 Å². The summed E-state index contributed by atoms with van der Waals surface area (Å²) in [5, 5.41) is 0. The Hall–Kier alpha value is -0.950. The molecule has 21 heavy (non-hydrogen) atoms. The number of nitrogens with two attached hydrogens (primary N) is 1. The number of rotatable bonds is 5. The summed E-state index contributed by atoms with van der Waals surface area (Å²) in [7, 11) is -3.42. The first-order valence-corrected chi connectivity index (χ1v) is 9.14. The van der Waals surface area contributed by atoms with E-state index in [-0.39, 0.29) is 6.04 Å². The van der Waals surface area contributed by atoms with Gasteiger partial charge in [-0.25, -0.2) is 13.1 Å². The van der Waals surface area contributed by atoms with Gasteiger partial charge in [0.15, 0.2) is 0 Å². The predicted octanol–water partition coefficient (Wildman–Crippen LogP) is 0.703. The molecule has 2 fully saturated rings. The maximum atomic E-state index is 12.5. The van der Waals surface area contributed by atoms with Crippen molar-refractivity contribution in [2.75, 3.05) is 19.6 Å². The molecule has 2 atom stereocenters. The minimum absolute atomic E-state index is 0.0567. The number of nitrogens with zero attached hydrogens (tertiary/aromatic N) is 1. The largest absolute Gasteiger partial charge is 0.330 e. The number of benzene rings is 1. The predicted molar refractivity (Wildman–Crippen MR) is 82.5 cm³/mol. The van der Waals surface area contributed by atoms with Gasteiger partial charge in [0.1, 0.15) is 0 Å². The molecule has 2 unspecified atom stereocenters. The van der Waals surface area contributed by atoms with Gasteiger partial charge in [0, 0.05) is 18.6 Å². The van der Waals surface area contributed by atoms with Gasteiger partial charge >= 0.3 is 0 Å². The van der Waals surface area contributed by atoms with Crippen molar-refractivity contribution < 1.29 is 8.42 Å². The third kappa shape index (κ3) is 3.13. The molecular formula is C15H23N3O2S. The molecule has 6 heteroatoms. The molecule has 0 amide bonds. The van der Waals surface area contributed by atoms with Crippen LogP contribution in [0.5, 0.6) is 0 Å². The summed E-state index contributed by atoms with van der Waals surface area (Å²) in [6.07, 6.45) is 3.96. The standard InChI is InChI=1S/C15H23N3O2S/c16-9-7-12-3-5-13(6-4-12)21(19,20)17-14-8-11-18-10-1-2-15(14)18/h3-6,14-15,17H,1-2,7-11,16H2. The van der Waals surface area contributed by atoms with Crippen molar-refractivity contribution in [1.29, 1.82) is 0 Å². The Balaban J connectivity index is 1.71. The summed E-state index contributed by atoms with van der Waals surface area (Å²) in [6, 6.07) is 7.48. The number of hydrogen-bond donors (Lipinski definition) is 2. The fourth-order valence-electron chi connectivity index (χ4n) is 3.49. The van der Waals surface area contributed by atoms with Crippen LogP contribution in [0.25, 0.3) is 0 Å². The van der Waals surface area contributed by atoms with Gasteiger partial charge in [0.25, 0.3) is 0 Å². The Morgan fingerprint density at radius 1 is 1.19 bits per heavy atom. The Morgan fingerprint density at radius 3 is 2.67 bits per heavy atom. The van der Waals surface area contributed by atoms with Crippen molar-refractivity contribution in [3.05, 3.63) is 29.8 Å². The summed E-state index contributed by atoms with van der Waals surface area (Å²) in [5.41, 5.74) is 6.58. The zero-order valence-electron chi connectivity index (χ0n) is 12.2. The van der Waals surface area contributed by atoms with E-state index in [1.165, 1.54) is 6.42 Å². The van der Waals surface area contributed by atoms with E-state index in [1.807, 2.05) is 12.1 Å². The highest BCUT2D eigenvalue weighted by molar-refractivity contribution is 7.89. The van der Waals surface area contributed by atoms with Gasteiger partial charge in [0.2, 0.25) is 10.0 Å². The van der Waals surface area contributed by atoms with E-state index in [2.05, 4.69) is 9.62 Å². The summed E-state index contributed by atoms with van der Waals surface area (Å²) in [6.45, 7) is 2.69. The highest BCUT2D eigenvalue weighted by Crippen LogP contribution is 2.28. The second-order valence-electron chi connectivity index (χ2n) is 5.94. The maximum absolute atomic E-state index is 12.5. The van der Waals surface area contributed by atoms with Gasteiger partial charge in [0.05, 0.1) is 4.90 Å². The topological polar surface area (TPSA) is 75.4 Å². The first kappa shape index (κ1) is 15.0. The van der Waals surface area contributed by atoms with Crippen molar-refractivity contribution >= 4 is 10.0 Å².